The molecule has 2 aromatic heterocycles. The molecule has 458 valence electrons. The van der Waals surface area contributed by atoms with Crippen molar-refractivity contribution >= 4 is 82.4 Å². The lowest BCUT2D eigenvalue weighted by atomic mass is 10.0. The summed E-state index contributed by atoms with van der Waals surface area (Å²) in [6.45, 7) is -0.357. The van der Waals surface area contributed by atoms with Crippen molar-refractivity contribution in [2.75, 3.05) is 57.8 Å². The average Bonchev–Trinajstić information content (AvgIpc) is 4.07. The minimum Gasteiger partial charge on any atom is -0.481 e. The van der Waals surface area contributed by atoms with Crippen molar-refractivity contribution in [2.45, 2.75) is 94.4 Å². The number of aliphatic carboxylic acids is 5. The Labute approximate surface area is 491 Å². The standard InChI is InChI=1S/C54H69N13O17S/c1-31(47(76)60-39(21-37-23-55-30-56-37)50(79)62-41(28-68)51(80)61-38(20-33-6-3-2-4-7-33)49(78)63-42(29-69)52(81)82)57-48(77)40(22-44(70)71)64-54(85)59-34-13-10-32(11-14-34)12-15-43(53(83)84)67-19-18-65(26-45(72)73)16-17-66(27-46(74)75)24-35-8-5-9-36(25-67)58-35/h2-11,13-14,23,30-31,38-43,68-69H,12,15-22,24-29H2,1H3,(H,55,56)(H,57,77)(H,60,76)(H,61,80)(H,62,79)(H,63,78)(H,70,71)(H,72,73)(H,74,75)(H,81,82)(H,83,84)(H2,59,64,85)/t31-,38-,39-,40-,41-,42-,43?/m0/s1. The number of amides is 5. The van der Waals surface area contributed by atoms with Gasteiger partial charge in [0.25, 0.3) is 0 Å². The number of anilines is 1. The van der Waals surface area contributed by atoms with Gasteiger partial charge in [-0.2, -0.15) is 0 Å². The number of H-pyrrole nitrogens is 1. The van der Waals surface area contributed by atoms with E-state index >= 15 is 0 Å². The molecule has 0 radical (unpaired) electrons. The van der Waals surface area contributed by atoms with Gasteiger partial charge in [-0.25, -0.2) is 9.78 Å². The summed E-state index contributed by atoms with van der Waals surface area (Å²) in [6, 6.07) is 9.61. The van der Waals surface area contributed by atoms with Gasteiger partial charge in [-0.1, -0.05) is 48.5 Å². The first-order valence-corrected chi connectivity index (χ1v) is 27.1. The number of nitrogens with zero attached hydrogens (tertiary/aromatic N) is 5. The van der Waals surface area contributed by atoms with Crippen LogP contribution in [-0.2, 0) is 80.3 Å². The van der Waals surface area contributed by atoms with Crippen molar-refractivity contribution in [3.8, 4) is 0 Å². The minimum absolute atomic E-state index is 0.102. The highest BCUT2D eigenvalue weighted by Crippen LogP contribution is 2.18. The highest BCUT2D eigenvalue weighted by Gasteiger charge is 2.34. The lowest BCUT2D eigenvalue weighted by Crippen LogP contribution is -2.60. The van der Waals surface area contributed by atoms with Gasteiger partial charge in [0.2, 0.25) is 29.5 Å². The number of aliphatic hydroxyl groups is 2. The zero-order chi connectivity index (χ0) is 62.2. The molecule has 5 rings (SSSR count). The van der Waals surface area contributed by atoms with E-state index in [0.29, 0.717) is 28.3 Å². The van der Waals surface area contributed by atoms with E-state index in [9.17, 15) is 83.7 Å². The van der Waals surface area contributed by atoms with E-state index < -0.39 is 121 Å². The number of benzene rings is 2. The summed E-state index contributed by atoms with van der Waals surface area (Å²) in [5.41, 5.74) is 3.07. The van der Waals surface area contributed by atoms with Crippen molar-refractivity contribution in [1.82, 2.24) is 61.6 Å². The first kappa shape index (κ1) is 66.8. The molecule has 0 aliphatic carbocycles. The van der Waals surface area contributed by atoms with Crippen molar-refractivity contribution < 1.29 is 83.7 Å². The third kappa shape index (κ3) is 22.6. The SMILES string of the molecule is C[C@H](NC(=O)[C@H](CC(=O)O)NC(=S)Nc1ccc(CCC(C(=O)O)N2CCN(CC(=O)O)CCN(CC(=O)O)Cc3cccc(n3)C2)cc1)C(=O)N[C@@H](Cc1cnc[nH]1)C(=O)N[C@@H](CO)C(=O)N[C@@H](Cc1ccccc1)C(=O)N[C@@H](CO)C(=O)O. The number of aromatic nitrogens is 3. The number of imidazole rings is 1. The number of hydrogen-bond acceptors (Lipinski definition) is 18. The van der Waals surface area contributed by atoms with Gasteiger partial charge in [-0.15, -0.1) is 0 Å². The molecule has 1 aliphatic heterocycles. The second-order valence-corrected chi connectivity index (χ2v) is 20.3. The van der Waals surface area contributed by atoms with Gasteiger partial charge in [0.05, 0.1) is 50.4 Å². The van der Waals surface area contributed by atoms with Gasteiger partial charge in [0.1, 0.15) is 42.3 Å². The number of thiocarbonyl (C=S) groups is 1. The van der Waals surface area contributed by atoms with E-state index in [1.807, 2.05) is 0 Å². The Kier molecular flexibility index (Phi) is 26.2. The maximum atomic E-state index is 13.8. The zero-order valence-corrected chi connectivity index (χ0v) is 46.9. The summed E-state index contributed by atoms with van der Waals surface area (Å²) in [4.78, 5) is 144. The van der Waals surface area contributed by atoms with E-state index in [0.717, 1.165) is 5.56 Å². The number of rotatable bonds is 30. The zero-order valence-electron chi connectivity index (χ0n) is 46.1. The Morgan fingerprint density at radius 2 is 1.14 bits per heavy atom. The molecule has 7 atom stereocenters. The third-order valence-electron chi connectivity index (χ3n) is 13.3. The van der Waals surface area contributed by atoms with Crippen LogP contribution in [0.3, 0.4) is 0 Å². The minimum atomic E-state index is -1.75. The molecule has 15 N–H and O–H groups in total. The van der Waals surface area contributed by atoms with Crippen LogP contribution in [0.2, 0.25) is 0 Å². The second kappa shape index (κ2) is 33.3. The third-order valence-corrected chi connectivity index (χ3v) is 13.5. The predicted octanol–water partition coefficient (Wildman–Crippen LogP) is -2.89. The van der Waals surface area contributed by atoms with Crippen LogP contribution >= 0.6 is 12.2 Å². The molecule has 2 bridgehead atoms. The van der Waals surface area contributed by atoms with Gasteiger partial charge in [-0.05, 0) is 67.4 Å². The van der Waals surface area contributed by atoms with Gasteiger partial charge >= 0.3 is 29.8 Å². The van der Waals surface area contributed by atoms with Crippen LogP contribution in [0.15, 0.2) is 85.3 Å². The van der Waals surface area contributed by atoms with Crippen LogP contribution in [0, 0.1) is 0 Å². The molecule has 0 fully saturated rings. The number of carbonyl (C=O) groups is 10. The fourth-order valence-corrected chi connectivity index (χ4v) is 9.15. The number of aliphatic hydroxyl groups excluding tert-OH is 2. The molecule has 1 aliphatic rings. The number of pyridine rings is 1. The van der Waals surface area contributed by atoms with Crippen LogP contribution in [0.25, 0.3) is 0 Å². The van der Waals surface area contributed by atoms with Crippen molar-refractivity contribution in [3.05, 3.63) is 114 Å². The first-order chi connectivity index (χ1) is 40.5. The molecule has 1 unspecified atom stereocenters. The summed E-state index contributed by atoms with van der Waals surface area (Å²) in [7, 11) is 0. The summed E-state index contributed by atoms with van der Waals surface area (Å²) in [6.07, 6.45) is 1.76. The van der Waals surface area contributed by atoms with E-state index in [-0.39, 0.29) is 83.2 Å². The number of carbonyl (C=O) groups excluding carboxylic acids is 5. The number of hydrogen-bond donors (Lipinski definition) is 15. The van der Waals surface area contributed by atoms with Crippen LogP contribution in [0.1, 0.15) is 48.0 Å². The summed E-state index contributed by atoms with van der Waals surface area (Å²) < 4.78 is 0. The summed E-state index contributed by atoms with van der Waals surface area (Å²) >= 11 is 5.43. The van der Waals surface area contributed by atoms with Gasteiger partial charge in [-0.3, -0.25) is 62.8 Å². The smallest absolute Gasteiger partial charge is 0.328 e. The van der Waals surface area contributed by atoms with Crippen LogP contribution in [-0.4, -0.2) is 225 Å². The molecular formula is C54H69N13O17S. The van der Waals surface area contributed by atoms with Crippen LogP contribution in [0.5, 0.6) is 0 Å². The highest BCUT2D eigenvalue weighted by molar-refractivity contribution is 7.80. The number of aromatic amines is 1. The van der Waals surface area contributed by atoms with Crippen LogP contribution < -0.4 is 37.2 Å². The molecule has 3 heterocycles. The highest BCUT2D eigenvalue weighted by atomic mass is 32.1. The van der Waals surface area contributed by atoms with Gasteiger partial charge in [0.15, 0.2) is 5.11 Å². The fourth-order valence-electron chi connectivity index (χ4n) is 8.89. The Morgan fingerprint density at radius 3 is 1.74 bits per heavy atom. The monoisotopic (exact) mass is 1200 g/mol. The molecule has 0 spiro atoms. The lowest BCUT2D eigenvalue weighted by molar-refractivity contribution is -0.144. The van der Waals surface area contributed by atoms with E-state index in [2.05, 4.69) is 52.2 Å². The maximum Gasteiger partial charge on any atom is 0.328 e. The molecule has 2 aromatic carbocycles. The largest absolute Gasteiger partial charge is 0.481 e. The molecule has 4 aromatic rings. The lowest BCUT2D eigenvalue weighted by Gasteiger charge is -2.33. The summed E-state index contributed by atoms with van der Waals surface area (Å²) in [5, 5.41) is 85.5. The predicted molar refractivity (Wildman–Crippen MR) is 303 cm³/mol. The van der Waals surface area contributed by atoms with Crippen molar-refractivity contribution in [1.29, 1.82) is 0 Å². The molecule has 0 saturated heterocycles. The Hall–Kier alpha value is -9.01. The normalized spacial score (nSPS) is 15.7. The molecular weight excluding hydrogens is 1130 g/mol. The quantitative estimate of drug-likeness (QED) is 0.0233. The van der Waals surface area contributed by atoms with Crippen molar-refractivity contribution in [3.63, 3.8) is 0 Å². The topological polar surface area (TPSA) is 448 Å². The number of carboxylic acid groups (broad SMARTS) is 5. The molecule has 31 heteroatoms. The first-order valence-electron chi connectivity index (χ1n) is 26.7. The van der Waals surface area contributed by atoms with E-state index in [1.54, 1.807) is 87.5 Å². The number of aryl methyl sites for hydroxylation is 1. The van der Waals surface area contributed by atoms with Crippen LogP contribution in [0.4, 0.5) is 5.69 Å². The molecule has 0 saturated carbocycles. The second-order valence-electron chi connectivity index (χ2n) is 19.9. The molecule has 30 nitrogen and oxygen atoms in total. The van der Waals surface area contributed by atoms with E-state index in [4.69, 9.17) is 12.2 Å². The number of carboxylic acids is 5. The number of nitrogens with one attached hydrogen (secondary N) is 8. The van der Waals surface area contributed by atoms with E-state index in [1.165, 1.54) is 19.4 Å². The molecule has 5 amide bonds. The number of fused-ring (bicyclic) bond motifs is 2. The van der Waals surface area contributed by atoms with Gasteiger partial charge in [0, 0.05) is 69.7 Å². The molecule has 85 heavy (non-hydrogen) atoms. The summed E-state index contributed by atoms with van der Waals surface area (Å²) in [5.74, 6) is -11.3. The van der Waals surface area contributed by atoms with Crippen molar-refractivity contribution in [2.24, 2.45) is 0 Å². The fraction of sp³-hybridized carbons (Fsp3) is 0.426. The Bertz CT molecular complexity index is 2960. The average molecular weight is 1200 g/mol. The maximum absolute atomic E-state index is 13.8. The van der Waals surface area contributed by atoms with Gasteiger partial charge < -0.3 is 77.9 Å². The Balaban J connectivity index is 1.20. The Morgan fingerprint density at radius 1 is 0.576 bits per heavy atom.